The second-order valence-corrected chi connectivity index (χ2v) is 28.5. The lowest BCUT2D eigenvalue weighted by Gasteiger charge is -2.28. The van der Waals surface area contributed by atoms with Gasteiger partial charge in [0.1, 0.15) is 49.4 Å². The van der Waals surface area contributed by atoms with Crippen LogP contribution in [0.5, 0.6) is 23.0 Å². The molecule has 0 spiro atoms. The van der Waals surface area contributed by atoms with Gasteiger partial charge in [-0.2, -0.15) is 0 Å². The highest BCUT2D eigenvalue weighted by Gasteiger charge is 2.33. The first kappa shape index (κ1) is 55.9. The number of hydrogen-bond donors (Lipinski definition) is 0. The van der Waals surface area contributed by atoms with Crippen molar-refractivity contribution in [1.29, 1.82) is 0 Å². The molecule has 0 unspecified atom stereocenters. The fourth-order valence-electron chi connectivity index (χ4n) is 8.73. The summed E-state index contributed by atoms with van der Waals surface area (Å²) < 4.78 is 45.4. The molecule has 0 saturated carbocycles. The van der Waals surface area contributed by atoms with Crippen molar-refractivity contribution in [3.63, 3.8) is 0 Å². The molecule has 1 heterocycles. The van der Waals surface area contributed by atoms with Crippen LogP contribution in [0.1, 0.15) is 128 Å². The Hall–Kier alpha value is -5.84. The molecular weight excluding hydrogens is 1030 g/mol. The van der Waals surface area contributed by atoms with E-state index in [-0.39, 0.29) is 34.9 Å². The topological polar surface area (TPSA) is 54.0 Å². The number of ether oxygens (including phenoxy) is 4. The molecule has 9 rings (SSSR count). The lowest BCUT2D eigenvalue weighted by atomic mass is 9.87. The summed E-state index contributed by atoms with van der Waals surface area (Å²) in [5, 5.41) is 0. The van der Waals surface area contributed by atoms with Crippen molar-refractivity contribution >= 4 is 46.1 Å². The Morgan fingerprint density at radius 1 is 0.312 bits per heavy atom. The van der Waals surface area contributed by atoms with Gasteiger partial charge < -0.3 is 18.9 Å². The van der Waals surface area contributed by atoms with Crippen molar-refractivity contribution in [2.24, 2.45) is 0 Å². The van der Waals surface area contributed by atoms with Gasteiger partial charge in [0.2, 0.25) is 0 Å². The van der Waals surface area contributed by atoms with Crippen LogP contribution < -0.4 is 18.9 Å². The zero-order chi connectivity index (χ0) is 54.7. The lowest BCUT2D eigenvalue weighted by molar-refractivity contribution is 0.287. The average molecular weight is 1100 g/mol. The summed E-state index contributed by atoms with van der Waals surface area (Å²) in [5.74, 6) is 2.62. The molecule has 0 saturated heterocycles. The van der Waals surface area contributed by atoms with E-state index < -0.39 is 10.8 Å². The summed E-state index contributed by atoms with van der Waals surface area (Å²) >= 11 is 4.91. The van der Waals surface area contributed by atoms with Crippen molar-refractivity contribution in [3.05, 3.63) is 214 Å². The number of fused-ring (bicyclic) bond motifs is 8. The van der Waals surface area contributed by atoms with Gasteiger partial charge in [-0.05, 0) is 115 Å². The molecule has 0 N–H and O–H groups in total. The Labute approximate surface area is 473 Å². The Balaban J connectivity index is 1.40. The molecule has 0 fully saturated rings. The molecule has 0 radical (unpaired) electrons. The first-order chi connectivity index (χ1) is 36.6. The molecule has 8 aromatic carbocycles. The van der Waals surface area contributed by atoms with Gasteiger partial charge in [0.05, 0.1) is 50.0 Å². The first-order valence-corrected chi connectivity index (χ1v) is 30.0. The standard InChI is InChI=1S/C68H72O5S4/c1-65(2,3)49-33-53-61(70-41-45-25-17-13-18-26-45)55(35-49)75-57-37-51(67(7,8)9)39-59(63(57)72-43-47-29-21-15-22-30-47)77(69)60-40-52(68(10,11)12)38-58(64(60)73-44-48-31-23-16-24-32-48)76-56-36-50(66(4,5)6)34-54(74-53)62(56)71-42-46-27-19-14-20-28-46/h13-40H,41-44H2,1-12H3. The second kappa shape index (κ2) is 23.2. The van der Waals surface area contributed by atoms with E-state index in [0.29, 0.717) is 34.5 Å². The maximum atomic E-state index is 16.6. The minimum atomic E-state index is -1.85. The van der Waals surface area contributed by atoms with Crippen LogP contribution in [0.3, 0.4) is 0 Å². The smallest absolute Gasteiger partial charge is 0.150 e. The van der Waals surface area contributed by atoms with Gasteiger partial charge in [0, 0.05) is 0 Å². The van der Waals surface area contributed by atoms with Gasteiger partial charge in [0.15, 0.2) is 0 Å². The largest absolute Gasteiger partial charge is 0.487 e. The minimum Gasteiger partial charge on any atom is -0.487 e. The van der Waals surface area contributed by atoms with Gasteiger partial charge in [-0.1, -0.05) is 240 Å². The molecule has 8 bridgehead atoms. The Kier molecular flexibility index (Phi) is 16.9. The molecule has 0 atom stereocenters. The van der Waals surface area contributed by atoms with Crippen molar-refractivity contribution in [1.82, 2.24) is 0 Å². The second-order valence-electron chi connectivity index (χ2n) is 23.9. The third-order valence-corrected chi connectivity index (χ3v) is 18.1. The Morgan fingerprint density at radius 3 is 0.753 bits per heavy atom. The van der Waals surface area contributed by atoms with Crippen LogP contribution in [0.4, 0.5) is 0 Å². The summed E-state index contributed by atoms with van der Waals surface area (Å²) in [6.45, 7) is 28.1. The van der Waals surface area contributed by atoms with Crippen LogP contribution in [0.15, 0.2) is 209 Å². The van der Waals surface area contributed by atoms with E-state index in [9.17, 15) is 0 Å². The summed E-state index contributed by atoms with van der Waals surface area (Å²) in [5.41, 5.74) is 7.31. The summed E-state index contributed by atoms with van der Waals surface area (Å²) in [6.07, 6.45) is 0. The monoisotopic (exact) mass is 1100 g/mol. The SMILES string of the molecule is CC(C)(C)c1cc2c(OCc3ccccc3)c(c1)Sc1cc(C(C)(C)C)cc(c1OCc1ccccc1)S(=O)c1cc(C(C)(C)C)cc(c1OCc1ccccc1)Sc1cc(C(C)(C)C)cc(c1OCc1ccccc1)S2. The van der Waals surface area contributed by atoms with Crippen molar-refractivity contribution in [2.45, 2.75) is 170 Å². The van der Waals surface area contributed by atoms with E-state index in [1.54, 1.807) is 35.3 Å². The summed E-state index contributed by atoms with van der Waals surface area (Å²) in [7, 11) is -1.85. The van der Waals surface area contributed by atoms with E-state index in [4.69, 9.17) is 18.9 Å². The van der Waals surface area contributed by atoms with Gasteiger partial charge >= 0.3 is 0 Å². The third-order valence-electron chi connectivity index (χ3n) is 13.5. The predicted molar refractivity (Wildman–Crippen MR) is 321 cm³/mol. The fourth-order valence-corrected chi connectivity index (χ4v) is 13.8. The Morgan fingerprint density at radius 2 is 0.519 bits per heavy atom. The third kappa shape index (κ3) is 13.7. The maximum absolute atomic E-state index is 16.6. The lowest BCUT2D eigenvalue weighted by Crippen LogP contribution is -2.15. The number of rotatable bonds is 12. The minimum absolute atomic E-state index is 0.249. The Bertz CT molecular complexity index is 3140. The van der Waals surface area contributed by atoms with Crippen molar-refractivity contribution < 1.29 is 23.2 Å². The van der Waals surface area contributed by atoms with Crippen molar-refractivity contribution in [3.8, 4) is 23.0 Å². The molecule has 1 aliphatic heterocycles. The highest BCUT2D eigenvalue weighted by atomic mass is 32.2. The molecule has 0 amide bonds. The number of hydrogen-bond acceptors (Lipinski definition) is 8. The molecule has 1 aliphatic rings. The van der Waals surface area contributed by atoms with E-state index in [1.807, 2.05) is 48.5 Å². The predicted octanol–water partition coefficient (Wildman–Crippen LogP) is 19.1. The summed E-state index contributed by atoms with van der Waals surface area (Å²) in [6, 6.07) is 59.0. The normalized spacial score (nSPS) is 13.2. The zero-order valence-corrected chi connectivity index (χ0v) is 49.9. The highest BCUT2D eigenvalue weighted by molar-refractivity contribution is 8.01. The van der Waals surface area contributed by atoms with Crippen LogP contribution in [-0.4, -0.2) is 4.21 Å². The average Bonchev–Trinajstić information content (AvgIpc) is 3.41. The van der Waals surface area contributed by atoms with Crippen molar-refractivity contribution in [2.75, 3.05) is 0 Å². The van der Waals surface area contributed by atoms with Crippen LogP contribution in [0, 0.1) is 0 Å². The van der Waals surface area contributed by atoms with Gasteiger partial charge in [-0.25, -0.2) is 4.21 Å². The maximum Gasteiger partial charge on any atom is 0.150 e. The molecule has 9 heteroatoms. The van der Waals surface area contributed by atoms with Gasteiger partial charge in [-0.15, -0.1) is 0 Å². The molecular formula is C68H72O5S4. The quantitative estimate of drug-likeness (QED) is 0.120. The molecule has 398 valence electrons. The van der Waals surface area contributed by atoms with E-state index in [1.165, 1.54) is 0 Å². The van der Waals surface area contributed by atoms with Crippen LogP contribution in [-0.2, 0) is 58.9 Å². The van der Waals surface area contributed by atoms with E-state index in [0.717, 1.165) is 85.4 Å². The number of benzene rings is 8. The molecule has 5 nitrogen and oxygen atoms in total. The van der Waals surface area contributed by atoms with Crippen LogP contribution >= 0.6 is 35.3 Å². The van der Waals surface area contributed by atoms with Crippen LogP contribution in [0.25, 0.3) is 0 Å². The molecule has 8 aromatic rings. The first-order valence-electron chi connectivity index (χ1n) is 26.4. The van der Waals surface area contributed by atoms with E-state index in [2.05, 4.69) is 204 Å². The molecule has 0 aliphatic carbocycles. The highest BCUT2D eigenvalue weighted by Crippen LogP contribution is 2.55. The molecule has 0 aromatic heterocycles. The van der Waals surface area contributed by atoms with Crippen LogP contribution in [0.2, 0.25) is 0 Å². The molecule has 77 heavy (non-hydrogen) atoms. The van der Waals surface area contributed by atoms with Gasteiger partial charge in [0.25, 0.3) is 0 Å². The van der Waals surface area contributed by atoms with Gasteiger partial charge in [-0.3, -0.25) is 0 Å². The van der Waals surface area contributed by atoms with E-state index >= 15 is 4.21 Å². The summed E-state index contributed by atoms with van der Waals surface area (Å²) in [4.78, 5) is 6.60. The zero-order valence-electron chi connectivity index (χ0n) is 46.7. The fraction of sp³-hybridized carbons (Fsp3) is 0.294.